The van der Waals surface area contributed by atoms with Crippen molar-refractivity contribution < 1.29 is 0 Å². The predicted octanol–water partition coefficient (Wildman–Crippen LogP) is 12.6. The third kappa shape index (κ3) is 4.65. The maximum atomic E-state index is 5.43. The molecule has 0 saturated heterocycles. The van der Waals surface area contributed by atoms with Gasteiger partial charge in [0.05, 0.1) is 22.4 Å². The number of hydrogen-bond acceptors (Lipinski definition) is 3. The second-order valence-corrected chi connectivity index (χ2v) is 13.6. The van der Waals surface area contributed by atoms with Crippen LogP contribution >= 0.6 is 11.3 Å². The smallest absolute Gasteiger partial charge is 0.161 e. The molecule has 4 heteroatoms. The van der Waals surface area contributed by atoms with Crippen LogP contribution in [-0.4, -0.2) is 14.5 Å². The first-order valence-corrected chi connectivity index (χ1v) is 17.7. The molecule has 0 saturated carbocycles. The Morgan fingerprint density at radius 3 is 1.92 bits per heavy atom. The molecule has 0 aliphatic rings. The Kier molecular flexibility index (Phi) is 6.68. The van der Waals surface area contributed by atoms with Gasteiger partial charge in [-0.3, -0.25) is 0 Å². The molecule has 234 valence electrons. The monoisotopic (exact) mass is 655 g/mol. The van der Waals surface area contributed by atoms with E-state index in [1.165, 1.54) is 42.0 Å². The van der Waals surface area contributed by atoms with Crippen LogP contribution in [0.15, 0.2) is 176 Å². The number of thiophene rings is 1. The van der Waals surface area contributed by atoms with E-state index in [-0.39, 0.29) is 0 Å². The zero-order chi connectivity index (χ0) is 33.0. The summed E-state index contributed by atoms with van der Waals surface area (Å²) in [7, 11) is 0. The van der Waals surface area contributed by atoms with E-state index in [1.54, 1.807) is 0 Å². The van der Waals surface area contributed by atoms with Gasteiger partial charge in [-0.2, -0.15) is 0 Å². The van der Waals surface area contributed by atoms with Crippen molar-refractivity contribution in [1.29, 1.82) is 0 Å². The van der Waals surface area contributed by atoms with Crippen LogP contribution in [0.5, 0.6) is 0 Å². The van der Waals surface area contributed by atoms with Crippen molar-refractivity contribution in [3.05, 3.63) is 176 Å². The van der Waals surface area contributed by atoms with Crippen molar-refractivity contribution >= 4 is 53.3 Å². The van der Waals surface area contributed by atoms with Crippen LogP contribution in [0.4, 0.5) is 0 Å². The number of fused-ring (bicyclic) bond motifs is 6. The minimum atomic E-state index is 0.726. The lowest BCUT2D eigenvalue weighted by Gasteiger charge is -2.12. The number of nitrogens with zero attached hydrogens (tertiary/aromatic N) is 3. The van der Waals surface area contributed by atoms with Gasteiger partial charge in [0.2, 0.25) is 0 Å². The number of benzene rings is 7. The standard InChI is InChI=1S/C46H29N3S/c1-3-14-30(15-4-1)31-16-11-17-32(28-31)39-29-40(48-46(47-39)38-24-12-22-35-34-20-8-10-27-43(34)50-45(35)38)36-23-13-26-42-44(36)37-21-7-9-25-41(37)49(42)33-18-5-2-6-19-33/h1-29H. The zero-order valence-electron chi connectivity index (χ0n) is 27.0. The number of rotatable bonds is 5. The van der Waals surface area contributed by atoms with Gasteiger partial charge in [-0.25, -0.2) is 9.97 Å². The van der Waals surface area contributed by atoms with Gasteiger partial charge in [0.25, 0.3) is 0 Å². The van der Waals surface area contributed by atoms with Gasteiger partial charge < -0.3 is 4.57 Å². The molecule has 50 heavy (non-hydrogen) atoms. The van der Waals surface area contributed by atoms with E-state index in [2.05, 4.69) is 180 Å². The minimum absolute atomic E-state index is 0.726. The number of aromatic nitrogens is 3. The van der Waals surface area contributed by atoms with Crippen molar-refractivity contribution in [3.63, 3.8) is 0 Å². The van der Waals surface area contributed by atoms with Crippen molar-refractivity contribution in [2.75, 3.05) is 0 Å². The Bertz CT molecular complexity index is 2870. The second kappa shape index (κ2) is 11.7. The van der Waals surface area contributed by atoms with Crippen LogP contribution in [-0.2, 0) is 0 Å². The van der Waals surface area contributed by atoms with Gasteiger partial charge in [-0.1, -0.05) is 127 Å². The van der Waals surface area contributed by atoms with E-state index in [1.807, 2.05) is 11.3 Å². The molecule has 10 aromatic rings. The molecule has 0 bridgehead atoms. The van der Waals surface area contributed by atoms with Crippen LogP contribution in [0, 0.1) is 0 Å². The lowest BCUT2D eigenvalue weighted by molar-refractivity contribution is 1.18. The average Bonchev–Trinajstić information content (AvgIpc) is 3.75. The largest absolute Gasteiger partial charge is 0.309 e. The van der Waals surface area contributed by atoms with Gasteiger partial charge in [0.15, 0.2) is 5.82 Å². The molecule has 3 heterocycles. The molecule has 0 fully saturated rings. The van der Waals surface area contributed by atoms with Gasteiger partial charge in [-0.15, -0.1) is 11.3 Å². The fraction of sp³-hybridized carbons (Fsp3) is 0. The van der Waals surface area contributed by atoms with Crippen molar-refractivity contribution in [1.82, 2.24) is 14.5 Å². The average molecular weight is 656 g/mol. The number of hydrogen-bond donors (Lipinski definition) is 0. The summed E-state index contributed by atoms with van der Waals surface area (Å²) in [6, 6.07) is 62.4. The van der Waals surface area contributed by atoms with Crippen molar-refractivity contribution in [2.24, 2.45) is 0 Å². The summed E-state index contributed by atoms with van der Waals surface area (Å²) in [5.41, 5.74) is 10.8. The van der Waals surface area contributed by atoms with Gasteiger partial charge in [0.1, 0.15) is 0 Å². The SMILES string of the molecule is c1ccc(-c2cccc(-c3cc(-c4cccc5c4c4ccccc4n5-c4ccccc4)nc(-c4cccc5c4sc4ccccc45)n3)c2)cc1. The van der Waals surface area contributed by atoms with Crippen molar-refractivity contribution in [3.8, 4) is 50.7 Å². The van der Waals surface area contributed by atoms with E-state index >= 15 is 0 Å². The lowest BCUT2D eigenvalue weighted by Crippen LogP contribution is -1.97. The van der Waals surface area contributed by atoms with Crippen LogP contribution in [0.25, 0.3) is 92.7 Å². The van der Waals surface area contributed by atoms with Gasteiger partial charge >= 0.3 is 0 Å². The topological polar surface area (TPSA) is 30.7 Å². The predicted molar refractivity (Wildman–Crippen MR) is 211 cm³/mol. The molecule has 0 N–H and O–H groups in total. The Morgan fingerprint density at radius 2 is 1.04 bits per heavy atom. The third-order valence-electron chi connectivity index (χ3n) is 9.62. The quantitative estimate of drug-likeness (QED) is 0.185. The lowest BCUT2D eigenvalue weighted by atomic mass is 9.99. The fourth-order valence-electron chi connectivity index (χ4n) is 7.35. The van der Waals surface area contributed by atoms with E-state index in [0.29, 0.717) is 0 Å². The third-order valence-corrected chi connectivity index (χ3v) is 10.8. The summed E-state index contributed by atoms with van der Waals surface area (Å²) < 4.78 is 4.83. The summed E-state index contributed by atoms with van der Waals surface area (Å²) >= 11 is 1.81. The zero-order valence-corrected chi connectivity index (χ0v) is 27.8. The molecule has 0 spiro atoms. The van der Waals surface area contributed by atoms with Gasteiger partial charge in [-0.05, 0) is 59.7 Å². The highest BCUT2D eigenvalue weighted by Gasteiger charge is 2.20. The van der Waals surface area contributed by atoms with Crippen molar-refractivity contribution in [2.45, 2.75) is 0 Å². The Hall–Kier alpha value is -6.36. The van der Waals surface area contributed by atoms with E-state index in [0.717, 1.165) is 50.7 Å². The molecule has 10 rings (SSSR count). The highest BCUT2D eigenvalue weighted by Crippen LogP contribution is 2.42. The number of para-hydroxylation sites is 2. The molecule has 0 radical (unpaired) electrons. The molecule has 0 atom stereocenters. The molecule has 0 unspecified atom stereocenters. The highest BCUT2D eigenvalue weighted by molar-refractivity contribution is 7.26. The Labute approximate surface area is 293 Å². The molecule has 3 aromatic heterocycles. The maximum Gasteiger partial charge on any atom is 0.161 e. The Balaban J connectivity index is 1.26. The first-order valence-electron chi connectivity index (χ1n) is 16.8. The van der Waals surface area contributed by atoms with Crippen LogP contribution < -0.4 is 0 Å². The maximum absolute atomic E-state index is 5.43. The van der Waals surface area contributed by atoms with Crippen LogP contribution in [0.1, 0.15) is 0 Å². The summed E-state index contributed by atoms with van der Waals surface area (Å²) in [6.45, 7) is 0. The molecular weight excluding hydrogens is 627 g/mol. The molecule has 7 aromatic carbocycles. The summed E-state index contributed by atoms with van der Waals surface area (Å²) in [4.78, 5) is 10.8. The molecule has 0 amide bonds. The summed E-state index contributed by atoms with van der Waals surface area (Å²) in [6.07, 6.45) is 0. The van der Waals surface area contributed by atoms with E-state index in [4.69, 9.17) is 9.97 Å². The molecule has 0 aliphatic heterocycles. The highest BCUT2D eigenvalue weighted by atomic mass is 32.1. The molecule has 0 aliphatic carbocycles. The summed E-state index contributed by atoms with van der Waals surface area (Å²) in [5.74, 6) is 0.726. The van der Waals surface area contributed by atoms with Gasteiger partial charge in [0, 0.05) is 53.3 Å². The minimum Gasteiger partial charge on any atom is -0.309 e. The van der Waals surface area contributed by atoms with Crippen LogP contribution in [0.2, 0.25) is 0 Å². The molecular formula is C46H29N3S. The van der Waals surface area contributed by atoms with E-state index < -0.39 is 0 Å². The fourth-order valence-corrected chi connectivity index (χ4v) is 8.57. The first kappa shape index (κ1) is 28.6. The van der Waals surface area contributed by atoms with E-state index in [9.17, 15) is 0 Å². The van der Waals surface area contributed by atoms with Crippen LogP contribution in [0.3, 0.4) is 0 Å². The first-order chi connectivity index (χ1) is 24.8. The molecule has 3 nitrogen and oxygen atoms in total. The summed E-state index contributed by atoms with van der Waals surface area (Å²) in [5, 5.41) is 4.87. The second-order valence-electron chi connectivity index (χ2n) is 12.6. The normalized spacial score (nSPS) is 11.6. The Morgan fingerprint density at radius 1 is 0.420 bits per heavy atom.